The molecular weight excluding hydrogens is 298 g/mol. The maximum Gasteiger partial charge on any atom is 0.226 e. The van der Waals surface area contributed by atoms with E-state index in [-0.39, 0.29) is 18.2 Å². The Bertz CT molecular complexity index is 701. The maximum atomic E-state index is 11.9. The number of aryl methyl sites for hydroxylation is 1. The fourth-order valence-corrected chi connectivity index (χ4v) is 2.76. The minimum absolute atomic E-state index is 0.0538. The summed E-state index contributed by atoms with van der Waals surface area (Å²) in [5, 5.41) is 6.61. The zero-order valence-corrected chi connectivity index (χ0v) is 14.1. The lowest BCUT2D eigenvalue weighted by atomic mass is 9.96. The van der Waals surface area contributed by atoms with Gasteiger partial charge in [0.1, 0.15) is 0 Å². The van der Waals surface area contributed by atoms with Crippen molar-refractivity contribution in [2.75, 3.05) is 11.9 Å². The van der Waals surface area contributed by atoms with Gasteiger partial charge in [0.2, 0.25) is 11.8 Å². The Morgan fingerprint density at radius 2 is 2.00 bits per heavy atom. The van der Waals surface area contributed by atoms with Gasteiger partial charge in [0, 0.05) is 24.1 Å². The summed E-state index contributed by atoms with van der Waals surface area (Å²) in [7, 11) is 0. The summed E-state index contributed by atoms with van der Waals surface area (Å²) in [5.41, 5.74) is 1.26. The highest BCUT2D eigenvalue weighted by Crippen LogP contribution is 2.24. The first-order valence-electron chi connectivity index (χ1n) is 7.21. The molecule has 5 nitrogen and oxygen atoms in total. The van der Waals surface area contributed by atoms with E-state index in [4.69, 9.17) is 0 Å². The number of hydrogen-bond acceptors (Lipinski definition) is 4. The number of nitrogens with zero attached hydrogens (tertiary/aromatic N) is 1. The number of fused-ring (bicyclic) bond motifs is 1. The average molecular weight is 319 g/mol. The molecular formula is C16H21N3O2S. The quantitative estimate of drug-likeness (QED) is 0.909. The highest BCUT2D eigenvalue weighted by Gasteiger charge is 2.20. The summed E-state index contributed by atoms with van der Waals surface area (Å²) in [6, 6.07) is 5.66. The molecule has 1 heterocycles. The first-order valence-corrected chi connectivity index (χ1v) is 8.03. The number of benzene rings is 1. The van der Waals surface area contributed by atoms with E-state index in [1.165, 1.54) is 0 Å². The average Bonchev–Trinajstić information content (AvgIpc) is 2.76. The van der Waals surface area contributed by atoms with Crippen LogP contribution in [0.4, 0.5) is 5.69 Å². The van der Waals surface area contributed by atoms with Crippen molar-refractivity contribution in [1.29, 1.82) is 0 Å². The van der Waals surface area contributed by atoms with Crippen LogP contribution in [-0.4, -0.2) is 23.3 Å². The predicted molar refractivity (Wildman–Crippen MR) is 90.1 cm³/mol. The Morgan fingerprint density at radius 3 is 2.68 bits per heavy atom. The van der Waals surface area contributed by atoms with Gasteiger partial charge in [-0.2, -0.15) is 0 Å². The largest absolute Gasteiger partial charge is 0.355 e. The second kappa shape index (κ2) is 6.44. The Kier molecular flexibility index (Phi) is 4.81. The monoisotopic (exact) mass is 319 g/mol. The molecule has 0 radical (unpaired) electrons. The molecule has 2 amide bonds. The molecule has 1 aromatic carbocycles. The van der Waals surface area contributed by atoms with Gasteiger partial charge in [-0.1, -0.05) is 20.8 Å². The molecule has 0 spiro atoms. The lowest BCUT2D eigenvalue weighted by Gasteiger charge is -2.17. The van der Waals surface area contributed by atoms with Crippen LogP contribution in [0.3, 0.4) is 0 Å². The van der Waals surface area contributed by atoms with Gasteiger partial charge in [-0.15, -0.1) is 11.3 Å². The van der Waals surface area contributed by atoms with Gasteiger partial charge >= 0.3 is 0 Å². The Balaban J connectivity index is 1.87. The van der Waals surface area contributed by atoms with Crippen molar-refractivity contribution in [2.45, 2.75) is 34.1 Å². The highest BCUT2D eigenvalue weighted by molar-refractivity contribution is 7.18. The second-order valence-corrected chi connectivity index (χ2v) is 7.45. The minimum Gasteiger partial charge on any atom is -0.355 e. The SMILES string of the molecule is Cc1nc2ccc(NC(=O)CCNC(=O)C(C)(C)C)cc2s1. The van der Waals surface area contributed by atoms with Crippen LogP contribution in [0.2, 0.25) is 0 Å². The molecule has 0 fully saturated rings. The van der Waals surface area contributed by atoms with Gasteiger partial charge in [-0.3, -0.25) is 9.59 Å². The predicted octanol–water partition coefficient (Wildman–Crippen LogP) is 3.10. The molecule has 0 aliphatic rings. The molecule has 6 heteroatoms. The van der Waals surface area contributed by atoms with E-state index in [9.17, 15) is 9.59 Å². The first kappa shape index (κ1) is 16.4. The standard InChI is InChI=1S/C16H21N3O2S/c1-10-18-12-6-5-11(9-13(12)22-10)19-14(20)7-8-17-15(21)16(2,3)4/h5-6,9H,7-8H2,1-4H3,(H,17,21)(H,19,20). The third-order valence-corrected chi connectivity index (χ3v) is 4.03. The van der Waals surface area contributed by atoms with Crippen molar-refractivity contribution < 1.29 is 9.59 Å². The molecule has 0 saturated heterocycles. The summed E-state index contributed by atoms with van der Waals surface area (Å²) in [6.45, 7) is 7.82. The Hall–Kier alpha value is -1.95. The fourth-order valence-electron chi connectivity index (χ4n) is 1.90. The number of nitrogens with one attached hydrogen (secondary N) is 2. The molecule has 0 bridgehead atoms. The number of amides is 2. The van der Waals surface area contributed by atoms with Crippen LogP contribution in [-0.2, 0) is 9.59 Å². The molecule has 22 heavy (non-hydrogen) atoms. The minimum atomic E-state index is -0.439. The van der Waals surface area contributed by atoms with E-state index >= 15 is 0 Å². The van der Waals surface area contributed by atoms with E-state index in [1.807, 2.05) is 45.9 Å². The van der Waals surface area contributed by atoms with Crippen LogP contribution in [0.25, 0.3) is 10.2 Å². The van der Waals surface area contributed by atoms with Gasteiger partial charge in [0.25, 0.3) is 0 Å². The number of thiazole rings is 1. The van der Waals surface area contributed by atoms with E-state index in [2.05, 4.69) is 15.6 Å². The van der Waals surface area contributed by atoms with Crippen LogP contribution in [0.1, 0.15) is 32.2 Å². The summed E-state index contributed by atoms with van der Waals surface area (Å²) in [4.78, 5) is 28.0. The molecule has 118 valence electrons. The second-order valence-electron chi connectivity index (χ2n) is 6.22. The van der Waals surface area contributed by atoms with Crippen molar-refractivity contribution in [2.24, 2.45) is 5.41 Å². The summed E-state index contributed by atoms with van der Waals surface area (Å²) >= 11 is 1.60. The van der Waals surface area contributed by atoms with Crippen LogP contribution in [0, 0.1) is 12.3 Å². The van der Waals surface area contributed by atoms with Gasteiger partial charge < -0.3 is 10.6 Å². The third kappa shape index (κ3) is 4.27. The van der Waals surface area contributed by atoms with Crippen LogP contribution in [0.15, 0.2) is 18.2 Å². The van der Waals surface area contributed by atoms with Gasteiger partial charge in [-0.25, -0.2) is 4.98 Å². The van der Waals surface area contributed by atoms with E-state index in [0.29, 0.717) is 6.54 Å². The van der Waals surface area contributed by atoms with Crippen molar-refractivity contribution in [3.63, 3.8) is 0 Å². The third-order valence-electron chi connectivity index (χ3n) is 3.10. The molecule has 0 saturated carbocycles. The van der Waals surface area contributed by atoms with Crippen molar-refractivity contribution >= 4 is 39.1 Å². The van der Waals surface area contributed by atoms with E-state index < -0.39 is 5.41 Å². The number of aromatic nitrogens is 1. The lowest BCUT2D eigenvalue weighted by Crippen LogP contribution is -2.36. The summed E-state index contributed by atoms with van der Waals surface area (Å²) in [6.07, 6.45) is 0.252. The Labute approximate surface area is 134 Å². The van der Waals surface area contributed by atoms with Crippen molar-refractivity contribution in [3.05, 3.63) is 23.2 Å². The smallest absolute Gasteiger partial charge is 0.226 e. The number of anilines is 1. The molecule has 0 atom stereocenters. The van der Waals surface area contributed by atoms with Crippen LogP contribution < -0.4 is 10.6 Å². The molecule has 0 unspecified atom stereocenters. The molecule has 0 aliphatic carbocycles. The number of rotatable bonds is 4. The topological polar surface area (TPSA) is 71.1 Å². The maximum absolute atomic E-state index is 11.9. The fraction of sp³-hybridized carbons (Fsp3) is 0.438. The zero-order valence-electron chi connectivity index (χ0n) is 13.3. The lowest BCUT2D eigenvalue weighted by molar-refractivity contribution is -0.128. The van der Waals surface area contributed by atoms with Crippen molar-refractivity contribution in [1.82, 2.24) is 10.3 Å². The molecule has 2 rings (SSSR count). The molecule has 2 N–H and O–H groups in total. The number of carbonyl (C=O) groups excluding carboxylic acids is 2. The number of carbonyl (C=O) groups is 2. The zero-order chi connectivity index (χ0) is 16.3. The van der Waals surface area contributed by atoms with Crippen LogP contribution in [0.5, 0.6) is 0 Å². The Morgan fingerprint density at radius 1 is 1.27 bits per heavy atom. The van der Waals surface area contributed by atoms with Crippen LogP contribution >= 0.6 is 11.3 Å². The van der Waals surface area contributed by atoms with E-state index in [1.54, 1.807) is 11.3 Å². The number of hydrogen-bond donors (Lipinski definition) is 2. The van der Waals surface area contributed by atoms with E-state index in [0.717, 1.165) is 20.9 Å². The van der Waals surface area contributed by atoms with Gasteiger partial charge in [-0.05, 0) is 25.1 Å². The first-order chi connectivity index (χ1) is 10.3. The summed E-state index contributed by atoms with van der Waals surface area (Å²) < 4.78 is 1.05. The molecule has 2 aromatic rings. The molecule has 1 aromatic heterocycles. The molecule has 0 aliphatic heterocycles. The van der Waals surface area contributed by atoms with Crippen molar-refractivity contribution in [3.8, 4) is 0 Å². The van der Waals surface area contributed by atoms with Gasteiger partial charge in [0.15, 0.2) is 0 Å². The van der Waals surface area contributed by atoms with Gasteiger partial charge in [0.05, 0.1) is 15.2 Å². The normalized spacial score (nSPS) is 11.5. The highest BCUT2D eigenvalue weighted by atomic mass is 32.1. The summed E-state index contributed by atoms with van der Waals surface area (Å²) in [5.74, 6) is -0.170.